The van der Waals surface area contributed by atoms with Crippen molar-refractivity contribution in [2.24, 2.45) is 5.73 Å². The van der Waals surface area contributed by atoms with Crippen LogP contribution in [0.3, 0.4) is 0 Å². The molecule has 1 aromatic heterocycles. The standard InChI is InChI=1S/C15H24N6O6/c1-7(13(25)18-5-11(23)24)20-14(26)10(3-9-4-17-6-19-9)21-15(27)12(16)8(2)22/h4,6-8,10,12,22H,3,5,16H2,1-2H3,(H,17,19)(H,18,25)(H,20,26)(H,21,27)(H,23,24). The summed E-state index contributed by atoms with van der Waals surface area (Å²) in [6.07, 6.45) is 1.77. The summed E-state index contributed by atoms with van der Waals surface area (Å²) in [6, 6.07) is -3.38. The van der Waals surface area contributed by atoms with Crippen LogP contribution in [0.2, 0.25) is 0 Å². The Bertz CT molecular complexity index is 662. The molecule has 1 aromatic rings. The number of amides is 3. The average molecular weight is 384 g/mol. The highest BCUT2D eigenvalue weighted by Crippen LogP contribution is 2.01. The van der Waals surface area contributed by atoms with E-state index in [4.69, 9.17) is 10.8 Å². The van der Waals surface area contributed by atoms with Crippen LogP contribution < -0.4 is 21.7 Å². The minimum atomic E-state index is -1.24. The fraction of sp³-hybridized carbons (Fsp3) is 0.533. The Balaban J connectivity index is 2.78. The Morgan fingerprint density at radius 1 is 1.19 bits per heavy atom. The second-order valence-corrected chi connectivity index (χ2v) is 5.95. The van der Waals surface area contributed by atoms with Gasteiger partial charge in [-0.3, -0.25) is 19.2 Å². The fourth-order valence-electron chi connectivity index (χ4n) is 2.01. The van der Waals surface area contributed by atoms with Crippen molar-refractivity contribution in [2.45, 2.75) is 44.5 Å². The summed E-state index contributed by atoms with van der Waals surface area (Å²) in [5.41, 5.74) is 6.11. The van der Waals surface area contributed by atoms with Gasteiger partial charge in [0, 0.05) is 18.3 Å². The molecule has 0 saturated heterocycles. The summed E-state index contributed by atoms with van der Waals surface area (Å²) >= 11 is 0. The van der Waals surface area contributed by atoms with Gasteiger partial charge in [-0.1, -0.05) is 0 Å². The van der Waals surface area contributed by atoms with Crippen molar-refractivity contribution in [1.82, 2.24) is 25.9 Å². The number of aromatic amines is 1. The lowest BCUT2D eigenvalue weighted by atomic mass is 10.1. The van der Waals surface area contributed by atoms with Crippen molar-refractivity contribution in [3.63, 3.8) is 0 Å². The van der Waals surface area contributed by atoms with Gasteiger partial charge in [0.15, 0.2) is 0 Å². The number of carbonyl (C=O) groups is 4. The van der Waals surface area contributed by atoms with Crippen LogP contribution in [0.4, 0.5) is 0 Å². The first kappa shape index (κ1) is 22.1. The van der Waals surface area contributed by atoms with E-state index >= 15 is 0 Å². The SMILES string of the molecule is CC(NC(=O)C(Cc1cnc[nH]1)NC(=O)C(N)C(C)O)C(=O)NCC(=O)O. The Kier molecular flexibility index (Phi) is 8.35. The lowest BCUT2D eigenvalue weighted by Crippen LogP contribution is -2.57. The third-order valence-electron chi connectivity index (χ3n) is 3.60. The van der Waals surface area contributed by atoms with Gasteiger partial charge in [-0.25, -0.2) is 4.98 Å². The van der Waals surface area contributed by atoms with E-state index in [1.807, 2.05) is 0 Å². The Morgan fingerprint density at radius 3 is 2.37 bits per heavy atom. The average Bonchev–Trinajstić information content (AvgIpc) is 3.10. The molecule has 0 bridgehead atoms. The second kappa shape index (κ2) is 10.2. The third kappa shape index (κ3) is 7.42. The molecule has 0 saturated carbocycles. The van der Waals surface area contributed by atoms with Gasteiger partial charge in [0.05, 0.1) is 12.4 Å². The van der Waals surface area contributed by atoms with E-state index in [-0.39, 0.29) is 6.42 Å². The van der Waals surface area contributed by atoms with Crippen LogP contribution in [0.5, 0.6) is 0 Å². The maximum Gasteiger partial charge on any atom is 0.322 e. The zero-order chi connectivity index (χ0) is 20.6. The van der Waals surface area contributed by atoms with Crippen LogP contribution in [-0.4, -0.2) is 74.6 Å². The molecule has 1 heterocycles. The summed E-state index contributed by atoms with van der Waals surface area (Å²) in [5, 5.41) is 24.9. The number of hydrogen-bond acceptors (Lipinski definition) is 7. The smallest absolute Gasteiger partial charge is 0.322 e. The highest BCUT2D eigenvalue weighted by molar-refractivity contribution is 5.93. The van der Waals surface area contributed by atoms with E-state index in [0.717, 1.165) is 0 Å². The monoisotopic (exact) mass is 384 g/mol. The van der Waals surface area contributed by atoms with Crippen molar-refractivity contribution in [2.75, 3.05) is 6.54 Å². The molecule has 0 radical (unpaired) electrons. The van der Waals surface area contributed by atoms with E-state index in [9.17, 15) is 24.3 Å². The molecule has 27 heavy (non-hydrogen) atoms. The first-order valence-electron chi connectivity index (χ1n) is 8.13. The number of H-pyrrole nitrogens is 1. The van der Waals surface area contributed by atoms with Gasteiger partial charge < -0.3 is 36.9 Å². The van der Waals surface area contributed by atoms with E-state index in [2.05, 4.69) is 25.9 Å². The fourth-order valence-corrected chi connectivity index (χ4v) is 2.01. The number of imidazole rings is 1. The van der Waals surface area contributed by atoms with Gasteiger partial charge in [-0.2, -0.15) is 0 Å². The molecule has 12 heteroatoms. The first-order chi connectivity index (χ1) is 12.6. The number of aliphatic hydroxyl groups is 1. The summed E-state index contributed by atoms with van der Waals surface area (Å²) in [5.74, 6) is -3.35. The minimum absolute atomic E-state index is 0.0353. The molecule has 12 nitrogen and oxygen atoms in total. The molecule has 3 amide bonds. The summed E-state index contributed by atoms with van der Waals surface area (Å²) < 4.78 is 0. The summed E-state index contributed by atoms with van der Waals surface area (Å²) in [7, 11) is 0. The minimum Gasteiger partial charge on any atom is -0.480 e. The van der Waals surface area contributed by atoms with Gasteiger partial charge in [0.25, 0.3) is 0 Å². The zero-order valence-corrected chi connectivity index (χ0v) is 14.9. The molecular formula is C15H24N6O6. The topological polar surface area (TPSA) is 200 Å². The molecule has 0 aromatic carbocycles. The Hall–Kier alpha value is -2.99. The lowest BCUT2D eigenvalue weighted by molar-refractivity contribution is -0.138. The molecule has 0 fully saturated rings. The summed E-state index contributed by atoms with van der Waals surface area (Å²) in [6.45, 7) is 2.12. The Morgan fingerprint density at radius 2 is 1.85 bits per heavy atom. The maximum absolute atomic E-state index is 12.5. The number of aliphatic hydroxyl groups excluding tert-OH is 1. The quantitative estimate of drug-likeness (QED) is 0.219. The first-order valence-corrected chi connectivity index (χ1v) is 8.13. The summed E-state index contributed by atoms with van der Waals surface area (Å²) in [4.78, 5) is 53.5. The molecule has 4 unspecified atom stereocenters. The van der Waals surface area contributed by atoms with Crippen molar-refractivity contribution < 1.29 is 29.4 Å². The molecule has 0 aliphatic heterocycles. The van der Waals surface area contributed by atoms with E-state index in [1.54, 1.807) is 0 Å². The molecular weight excluding hydrogens is 360 g/mol. The number of nitrogens with zero attached hydrogens (tertiary/aromatic N) is 1. The van der Waals surface area contributed by atoms with Crippen molar-refractivity contribution in [1.29, 1.82) is 0 Å². The molecule has 150 valence electrons. The molecule has 0 spiro atoms. The molecule has 8 N–H and O–H groups in total. The number of aliphatic carboxylic acids is 1. The molecule has 4 atom stereocenters. The van der Waals surface area contributed by atoms with Crippen molar-refractivity contribution in [3.05, 3.63) is 18.2 Å². The van der Waals surface area contributed by atoms with Crippen LogP contribution in [0, 0.1) is 0 Å². The number of carboxylic acids is 1. The largest absolute Gasteiger partial charge is 0.480 e. The predicted octanol–water partition coefficient (Wildman–Crippen LogP) is -3.15. The molecule has 0 aliphatic carbocycles. The maximum atomic E-state index is 12.5. The van der Waals surface area contributed by atoms with Gasteiger partial charge in [0.1, 0.15) is 24.7 Å². The number of carboxylic acid groups (broad SMARTS) is 1. The second-order valence-electron chi connectivity index (χ2n) is 5.95. The van der Waals surface area contributed by atoms with E-state index in [1.165, 1.54) is 26.4 Å². The normalized spacial score (nSPS) is 15.1. The van der Waals surface area contributed by atoms with E-state index in [0.29, 0.717) is 5.69 Å². The lowest BCUT2D eigenvalue weighted by Gasteiger charge is -2.23. The number of carbonyl (C=O) groups excluding carboxylic acids is 3. The highest BCUT2D eigenvalue weighted by Gasteiger charge is 2.28. The van der Waals surface area contributed by atoms with Crippen LogP contribution in [-0.2, 0) is 25.6 Å². The third-order valence-corrected chi connectivity index (χ3v) is 3.60. The highest BCUT2D eigenvalue weighted by atomic mass is 16.4. The number of nitrogens with two attached hydrogens (primary N) is 1. The van der Waals surface area contributed by atoms with Crippen molar-refractivity contribution >= 4 is 23.7 Å². The van der Waals surface area contributed by atoms with Gasteiger partial charge in [-0.05, 0) is 13.8 Å². The number of nitrogens with one attached hydrogen (secondary N) is 4. The van der Waals surface area contributed by atoms with Gasteiger partial charge in [-0.15, -0.1) is 0 Å². The van der Waals surface area contributed by atoms with Crippen LogP contribution in [0.1, 0.15) is 19.5 Å². The van der Waals surface area contributed by atoms with Crippen LogP contribution >= 0.6 is 0 Å². The zero-order valence-electron chi connectivity index (χ0n) is 14.9. The predicted molar refractivity (Wildman–Crippen MR) is 92.1 cm³/mol. The molecule has 1 rings (SSSR count). The molecule has 0 aliphatic rings. The van der Waals surface area contributed by atoms with Crippen LogP contribution in [0.25, 0.3) is 0 Å². The van der Waals surface area contributed by atoms with Gasteiger partial charge >= 0.3 is 5.97 Å². The number of hydrogen-bond donors (Lipinski definition) is 7. The van der Waals surface area contributed by atoms with Crippen molar-refractivity contribution in [3.8, 4) is 0 Å². The van der Waals surface area contributed by atoms with Gasteiger partial charge in [0.2, 0.25) is 17.7 Å². The number of aromatic nitrogens is 2. The van der Waals surface area contributed by atoms with E-state index < -0.39 is 54.5 Å². The number of rotatable bonds is 10. The van der Waals surface area contributed by atoms with Crippen LogP contribution in [0.15, 0.2) is 12.5 Å². The Labute approximate surface area is 154 Å².